The van der Waals surface area contributed by atoms with Gasteiger partial charge in [0.05, 0.1) is 34.9 Å². The summed E-state index contributed by atoms with van der Waals surface area (Å²) in [5, 5.41) is 24.0. The molecule has 0 atom stereocenters. The van der Waals surface area contributed by atoms with Gasteiger partial charge in [-0.2, -0.15) is 10.5 Å². The topological polar surface area (TPSA) is 84.5 Å². The first-order valence-corrected chi connectivity index (χ1v) is 5.61. The van der Waals surface area contributed by atoms with E-state index in [0.29, 0.717) is 11.1 Å². The molecule has 19 heavy (non-hydrogen) atoms. The number of anilines is 3. The number of pyridine rings is 1. The van der Waals surface area contributed by atoms with Gasteiger partial charge in [-0.05, 0) is 24.3 Å². The number of hydrogen-bond acceptors (Lipinski definition) is 5. The Morgan fingerprint density at radius 3 is 2.37 bits per heavy atom. The van der Waals surface area contributed by atoms with Gasteiger partial charge in [-0.3, -0.25) is 4.98 Å². The number of nitrogens with zero attached hydrogens (tertiary/aromatic N) is 3. The van der Waals surface area contributed by atoms with Crippen molar-refractivity contribution in [2.75, 3.05) is 17.7 Å². The normalized spacial score (nSPS) is 9.21. The van der Waals surface area contributed by atoms with Gasteiger partial charge in [-0.15, -0.1) is 0 Å². The van der Waals surface area contributed by atoms with Gasteiger partial charge in [0.15, 0.2) is 0 Å². The summed E-state index contributed by atoms with van der Waals surface area (Å²) in [5.74, 6) is 0. The van der Waals surface area contributed by atoms with Crippen LogP contribution in [0.2, 0.25) is 0 Å². The molecule has 5 heteroatoms. The minimum atomic E-state index is 0.352. The molecule has 0 radical (unpaired) electrons. The van der Waals surface area contributed by atoms with E-state index in [4.69, 9.17) is 10.5 Å². The third-order valence-corrected chi connectivity index (χ3v) is 2.58. The molecule has 0 unspecified atom stereocenters. The standard InChI is InChI=1S/C14H11N5/c1-17-13-5-14(9-18-8-13)19-12-3-2-10(6-15)11(4-12)7-16/h2-5,8-9,17,19H,1H3. The van der Waals surface area contributed by atoms with Crippen LogP contribution in [0.25, 0.3) is 0 Å². The van der Waals surface area contributed by atoms with Crippen molar-refractivity contribution in [2.45, 2.75) is 0 Å². The Hall–Kier alpha value is -3.05. The summed E-state index contributed by atoms with van der Waals surface area (Å²) in [7, 11) is 1.82. The van der Waals surface area contributed by atoms with Gasteiger partial charge in [0.1, 0.15) is 12.1 Å². The maximum absolute atomic E-state index is 8.97. The van der Waals surface area contributed by atoms with Gasteiger partial charge in [-0.25, -0.2) is 0 Å². The second-order valence-corrected chi connectivity index (χ2v) is 3.82. The lowest BCUT2D eigenvalue weighted by molar-refractivity contribution is 1.30. The first-order chi connectivity index (χ1) is 9.26. The van der Waals surface area contributed by atoms with Crippen molar-refractivity contribution in [3.05, 3.63) is 47.8 Å². The zero-order valence-corrected chi connectivity index (χ0v) is 10.3. The molecule has 0 spiro atoms. The lowest BCUT2D eigenvalue weighted by Gasteiger charge is -2.08. The molecule has 0 aliphatic rings. The molecule has 0 fully saturated rings. The number of nitriles is 2. The number of benzene rings is 1. The molecule has 92 valence electrons. The van der Waals surface area contributed by atoms with Crippen LogP contribution in [0.15, 0.2) is 36.7 Å². The first kappa shape index (κ1) is 12.4. The van der Waals surface area contributed by atoms with Crippen molar-refractivity contribution in [3.63, 3.8) is 0 Å². The highest BCUT2D eigenvalue weighted by Gasteiger charge is 2.03. The van der Waals surface area contributed by atoms with Crippen molar-refractivity contribution in [2.24, 2.45) is 0 Å². The maximum atomic E-state index is 8.97. The predicted molar refractivity (Wildman–Crippen MR) is 72.9 cm³/mol. The molecule has 5 nitrogen and oxygen atoms in total. The van der Waals surface area contributed by atoms with E-state index in [-0.39, 0.29) is 0 Å². The average molecular weight is 249 g/mol. The summed E-state index contributed by atoms with van der Waals surface area (Å²) < 4.78 is 0. The zero-order valence-electron chi connectivity index (χ0n) is 10.3. The minimum Gasteiger partial charge on any atom is -0.387 e. The van der Waals surface area contributed by atoms with Gasteiger partial charge >= 0.3 is 0 Å². The second-order valence-electron chi connectivity index (χ2n) is 3.82. The molecule has 2 rings (SSSR count). The SMILES string of the molecule is CNc1cncc(Nc2ccc(C#N)c(C#N)c2)c1. The van der Waals surface area contributed by atoms with Crippen LogP contribution in [0, 0.1) is 22.7 Å². The fraction of sp³-hybridized carbons (Fsp3) is 0.0714. The Morgan fingerprint density at radius 2 is 1.68 bits per heavy atom. The largest absolute Gasteiger partial charge is 0.387 e. The zero-order chi connectivity index (χ0) is 13.7. The van der Waals surface area contributed by atoms with Crippen LogP contribution in [0.3, 0.4) is 0 Å². The third kappa shape index (κ3) is 2.80. The Labute approximate surface area is 111 Å². The summed E-state index contributed by atoms with van der Waals surface area (Å²) >= 11 is 0. The van der Waals surface area contributed by atoms with Crippen LogP contribution < -0.4 is 10.6 Å². The number of hydrogen-bond donors (Lipinski definition) is 2. The van der Waals surface area contributed by atoms with E-state index in [1.54, 1.807) is 30.6 Å². The molecule has 1 heterocycles. The van der Waals surface area contributed by atoms with Crippen molar-refractivity contribution in [1.82, 2.24) is 4.98 Å². The Morgan fingerprint density at radius 1 is 0.947 bits per heavy atom. The molecule has 0 saturated carbocycles. The third-order valence-electron chi connectivity index (χ3n) is 2.58. The van der Waals surface area contributed by atoms with Gasteiger partial charge in [0.2, 0.25) is 0 Å². The van der Waals surface area contributed by atoms with Crippen LogP contribution in [0.5, 0.6) is 0 Å². The van der Waals surface area contributed by atoms with E-state index in [0.717, 1.165) is 17.1 Å². The van der Waals surface area contributed by atoms with Crippen LogP contribution in [-0.4, -0.2) is 12.0 Å². The lowest BCUT2D eigenvalue weighted by atomic mass is 10.1. The first-order valence-electron chi connectivity index (χ1n) is 5.61. The quantitative estimate of drug-likeness (QED) is 0.873. The molecule has 0 bridgehead atoms. The molecular formula is C14H11N5. The Bertz CT molecular complexity index is 679. The van der Waals surface area contributed by atoms with Gasteiger partial charge < -0.3 is 10.6 Å². The van der Waals surface area contributed by atoms with E-state index in [9.17, 15) is 0 Å². The van der Waals surface area contributed by atoms with Crippen LogP contribution in [-0.2, 0) is 0 Å². The summed E-state index contributed by atoms with van der Waals surface area (Å²) in [6, 6.07) is 10.9. The smallest absolute Gasteiger partial charge is 0.101 e. The highest BCUT2D eigenvalue weighted by Crippen LogP contribution is 2.21. The molecule has 2 N–H and O–H groups in total. The van der Waals surface area contributed by atoms with Crippen molar-refractivity contribution in [1.29, 1.82) is 10.5 Å². The summed E-state index contributed by atoms with van der Waals surface area (Å²) in [4.78, 5) is 4.09. The molecule has 0 aliphatic carbocycles. The highest BCUT2D eigenvalue weighted by atomic mass is 14.9. The maximum Gasteiger partial charge on any atom is 0.101 e. The van der Waals surface area contributed by atoms with E-state index in [2.05, 4.69) is 15.6 Å². The van der Waals surface area contributed by atoms with Crippen LogP contribution in [0.4, 0.5) is 17.1 Å². The van der Waals surface area contributed by atoms with E-state index < -0.39 is 0 Å². The molecule has 1 aromatic carbocycles. The van der Waals surface area contributed by atoms with E-state index in [1.165, 1.54) is 0 Å². The number of rotatable bonds is 3. The summed E-state index contributed by atoms with van der Waals surface area (Å²) in [6.45, 7) is 0. The number of nitrogens with one attached hydrogen (secondary N) is 2. The average Bonchev–Trinajstić information content (AvgIpc) is 2.47. The molecule has 1 aromatic heterocycles. The van der Waals surface area contributed by atoms with Crippen molar-refractivity contribution < 1.29 is 0 Å². The molecule has 0 amide bonds. The predicted octanol–water partition coefficient (Wildman–Crippen LogP) is 2.61. The molecule has 0 saturated heterocycles. The summed E-state index contributed by atoms with van der Waals surface area (Å²) in [6.07, 6.45) is 3.40. The summed E-state index contributed by atoms with van der Waals surface area (Å²) in [5.41, 5.74) is 3.16. The fourth-order valence-corrected chi connectivity index (χ4v) is 1.62. The fourth-order valence-electron chi connectivity index (χ4n) is 1.62. The Balaban J connectivity index is 2.29. The Kier molecular flexibility index (Phi) is 3.61. The minimum absolute atomic E-state index is 0.352. The lowest BCUT2D eigenvalue weighted by Crippen LogP contribution is -1.95. The molecule has 0 aliphatic heterocycles. The number of aromatic nitrogens is 1. The van der Waals surface area contributed by atoms with Gasteiger partial charge in [-0.1, -0.05) is 0 Å². The van der Waals surface area contributed by atoms with Gasteiger partial charge in [0, 0.05) is 12.7 Å². The monoisotopic (exact) mass is 249 g/mol. The highest BCUT2D eigenvalue weighted by molar-refractivity contribution is 5.65. The van der Waals surface area contributed by atoms with Crippen molar-refractivity contribution >= 4 is 17.1 Å². The second kappa shape index (κ2) is 5.52. The van der Waals surface area contributed by atoms with E-state index in [1.807, 2.05) is 25.3 Å². The van der Waals surface area contributed by atoms with E-state index >= 15 is 0 Å². The van der Waals surface area contributed by atoms with Crippen LogP contribution >= 0.6 is 0 Å². The van der Waals surface area contributed by atoms with Crippen LogP contribution in [0.1, 0.15) is 11.1 Å². The molecule has 2 aromatic rings. The van der Waals surface area contributed by atoms with Crippen molar-refractivity contribution in [3.8, 4) is 12.1 Å². The van der Waals surface area contributed by atoms with Gasteiger partial charge in [0.25, 0.3) is 0 Å². The molecular weight excluding hydrogens is 238 g/mol.